The molecule has 25 heavy (non-hydrogen) atoms. The summed E-state index contributed by atoms with van der Waals surface area (Å²) in [5.41, 5.74) is 2.30. The fourth-order valence-electron chi connectivity index (χ4n) is 3.45. The van der Waals surface area contributed by atoms with Crippen LogP contribution in [0.5, 0.6) is 0 Å². The molecule has 0 aromatic heterocycles. The van der Waals surface area contributed by atoms with E-state index in [4.69, 9.17) is 0 Å². The lowest BCUT2D eigenvalue weighted by Gasteiger charge is -2.39. The third-order valence-corrected chi connectivity index (χ3v) is 5.91. The number of aliphatic imine (C=N–C) groups is 1. The van der Waals surface area contributed by atoms with Crippen LogP contribution in [0.15, 0.2) is 29.3 Å². The lowest BCUT2D eigenvalue weighted by atomic mass is 10.2. The third-order valence-electron chi connectivity index (χ3n) is 4.61. The van der Waals surface area contributed by atoms with Crippen LogP contribution in [-0.2, 0) is 11.2 Å². The number of amides is 1. The number of nitrogens with zero attached hydrogens (tertiary/aromatic N) is 3. The minimum atomic E-state index is 0.0750. The van der Waals surface area contributed by atoms with Gasteiger partial charge < -0.3 is 15.1 Å². The Balaban J connectivity index is 1.68. The Morgan fingerprint density at radius 3 is 2.88 bits per heavy atom. The van der Waals surface area contributed by atoms with Crippen LogP contribution in [-0.4, -0.2) is 60.0 Å². The number of carbonyl (C=O) groups excluding carboxylic acids is 1. The molecule has 0 aliphatic carbocycles. The number of anilines is 1. The molecule has 6 heteroatoms. The second kappa shape index (κ2) is 7.68. The number of hydrogen-bond acceptors (Lipinski definition) is 3. The Kier molecular flexibility index (Phi) is 5.57. The fraction of sp³-hybridized carbons (Fsp3) is 0.579. The van der Waals surface area contributed by atoms with Gasteiger partial charge in [-0.25, -0.2) is 4.99 Å². The van der Waals surface area contributed by atoms with Crippen molar-refractivity contribution in [2.45, 2.75) is 31.9 Å². The maximum absolute atomic E-state index is 12.7. The van der Waals surface area contributed by atoms with Crippen LogP contribution in [0.3, 0.4) is 0 Å². The summed E-state index contributed by atoms with van der Waals surface area (Å²) in [5, 5.41) is 3.35. The number of para-hydroxylation sites is 1. The smallest absolute Gasteiger partial charge is 0.248 e. The summed E-state index contributed by atoms with van der Waals surface area (Å²) in [7, 11) is 0. The van der Waals surface area contributed by atoms with Gasteiger partial charge >= 0.3 is 0 Å². The van der Waals surface area contributed by atoms with Gasteiger partial charge in [-0.05, 0) is 38.8 Å². The van der Waals surface area contributed by atoms with E-state index in [2.05, 4.69) is 42.0 Å². The molecule has 2 heterocycles. The van der Waals surface area contributed by atoms with E-state index in [1.807, 2.05) is 34.9 Å². The number of thioether (sulfide) groups is 1. The molecular weight excluding hydrogens is 332 g/mol. The van der Waals surface area contributed by atoms with Crippen LogP contribution in [0.1, 0.15) is 26.3 Å². The van der Waals surface area contributed by atoms with Crippen LogP contribution in [0.4, 0.5) is 5.69 Å². The highest BCUT2D eigenvalue weighted by Gasteiger charge is 2.29. The van der Waals surface area contributed by atoms with Gasteiger partial charge in [0, 0.05) is 42.4 Å². The molecule has 1 N–H and O–H groups in total. The second-order valence-electron chi connectivity index (χ2n) is 7.12. The minimum absolute atomic E-state index is 0.0750. The maximum Gasteiger partial charge on any atom is 0.248 e. The molecule has 1 amide bonds. The average Bonchev–Trinajstić information content (AvgIpc) is 3.01. The Morgan fingerprint density at radius 2 is 2.12 bits per heavy atom. The number of rotatable bonds is 3. The molecule has 0 saturated carbocycles. The van der Waals surface area contributed by atoms with E-state index in [0.29, 0.717) is 0 Å². The normalized spacial score (nSPS) is 19.7. The van der Waals surface area contributed by atoms with Crippen LogP contribution in [0.25, 0.3) is 0 Å². The Morgan fingerprint density at radius 1 is 1.32 bits per heavy atom. The fourth-order valence-corrected chi connectivity index (χ4v) is 4.56. The predicted molar refractivity (Wildman–Crippen MR) is 107 cm³/mol. The van der Waals surface area contributed by atoms with Gasteiger partial charge in [-0.3, -0.25) is 4.79 Å². The standard InChI is InChI=1S/C19H28N4OS/c1-4-20-18(22-11-12-25-19(2,3)14-22)21-13-17(24)23-10-9-15-7-5-6-8-16(15)23/h5-8H,4,9-14H2,1-3H3,(H,20,21). The van der Waals surface area contributed by atoms with E-state index in [-0.39, 0.29) is 17.2 Å². The molecule has 5 nitrogen and oxygen atoms in total. The van der Waals surface area contributed by atoms with Crippen molar-refractivity contribution in [3.05, 3.63) is 29.8 Å². The number of fused-ring (bicyclic) bond motifs is 1. The maximum atomic E-state index is 12.7. The number of benzene rings is 1. The van der Waals surface area contributed by atoms with Crippen molar-refractivity contribution in [2.75, 3.05) is 43.4 Å². The zero-order valence-corrected chi connectivity index (χ0v) is 16.2. The SMILES string of the molecule is CCNC(=NCC(=O)N1CCc2ccccc21)N1CCSC(C)(C)C1. The number of hydrogen-bond donors (Lipinski definition) is 1. The topological polar surface area (TPSA) is 47.9 Å². The van der Waals surface area contributed by atoms with Crippen LogP contribution >= 0.6 is 11.8 Å². The van der Waals surface area contributed by atoms with Gasteiger partial charge in [-0.1, -0.05) is 18.2 Å². The highest BCUT2D eigenvalue weighted by atomic mass is 32.2. The molecule has 3 rings (SSSR count). The Labute approximate surface area is 154 Å². The Bertz CT molecular complexity index is 659. The minimum Gasteiger partial charge on any atom is -0.357 e. The van der Waals surface area contributed by atoms with Gasteiger partial charge in [0.25, 0.3) is 0 Å². The summed E-state index contributed by atoms with van der Waals surface area (Å²) in [6.07, 6.45) is 0.934. The van der Waals surface area contributed by atoms with E-state index in [1.54, 1.807) is 0 Å². The Hall–Kier alpha value is -1.69. The van der Waals surface area contributed by atoms with Gasteiger partial charge in [0.15, 0.2) is 5.96 Å². The van der Waals surface area contributed by atoms with Gasteiger partial charge in [-0.15, -0.1) is 0 Å². The van der Waals surface area contributed by atoms with Crippen LogP contribution < -0.4 is 10.2 Å². The summed E-state index contributed by atoms with van der Waals surface area (Å²) >= 11 is 2.00. The van der Waals surface area contributed by atoms with Crippen molar-refractivity contribution in [3.63, 3.8) is 0 Å². The molecule has 1 aromatic carbocycles. The molecule has 1 saturated heterocycles. The quantitative estimate of drug-likeness (QED) is 0.664. The first-order chi connectivity index (χ1) is 12.0. The van der Waals surface area contributed by atoms with E-state index in [0.717, 1.165) is 50.0 Å². The lowest BCUT2D eigenvalue weighted by Crippen LogP contribution is -2.51. The molecule has 1 aromatic rings. The lowest BCUT2D eigenvalue weighted by molar-refractivity contribution is -0.117. The molecule has 0 bridgehead atoms. The molecule has 0 radical (unpaired) electrons. The van der Waals surface area contributed by atoms with Crippen LogP contribution in [0, 0.1) is 0 Å². The largest absolute Gasteiger partial charge is 0.357 e. The predicted octanol–water partition coefficient (Wildman–Crippen LogP) is 2.37. The summed E-state index contributed by atoms with van der Waals surface area (Å²) in [4.78, 5) is 21.5. The molecule has 0 atom stereocenters. The summed E-state index contributed by atoms with van der Waals surface area (Å²) in [5.74, 6) is 2.02. The first kappa shape index (κ1) is 18.1. The number of carbonyl (C=O) groups is 1. The molecule has 2 aliphatic heterocycles. The summed E-state index contributed by atoms with van der Waals surface area (Å²) in [6, 6.07) is 8.15. The zero-order chi connectivity index (χ0) is 17.9. The highest BCUT2D eigenvalue weighted by Crippen LogP contribution is 2.30. The van der Waals surface area contributed by atoms with Gasteiger partial charge in [0.1, 0.15) is 6.54 Å². The first-order valence-corrected chi connectivity index (χ1v) is 10.0. The zero-order valence-electron chi connectivity index (χ0n) is 15.4. The number of guanidine groups is 1. The monoisotopic (exact) mass is 360 g/mol. The molecular formula is C19H28N4OS. The molecule has 0 unspecified atom stereocenters. The van der Waals surface area contributed by atoms with E-state index in [9.17, 15) is 4.79 Å². The van der Waals surface area contributed by atoms with Crippen molar-refractivity contribution < 1.29 is 4.79 Å². The average molecular weight is 361 g/mol. The third kappa shape index (κ3) is 4.29. The van der Waals surface area contributed by atoms with Crippen LogP contribution in [0.2, 0.25) is 0 Å². The number of nitrogens with one attached hydrogen (secondary N) is 1. The van der Waals surface area contributed by atoms with Crippen molar-refractivity contribution in [3.8, 4) is 0 Å². The highest BCUT2D eigenvalue weighted by molar-refractivity contribution is 8.00. The van der Waals surface area contributed by atoms with Gasteiger partial charge in [-0.2, -0.15) is 11.8 Å². The first-order valence-electron chi connectivity index (χ1n) is 9.05. The molecule has 136 valence electrons. The molecule has 0 spiro atoms. The second-order valence-corrected chi connectivity index (χ2v) is 8.93. The summed E-state index contributed by atoms with van der Waals surface area (Å²) < 4.78 is 0.215. The molecule has 1 fully saturated rings. The van der Waals surface area contributed by atoms with E-state index in [1.165, 1.54) is 5.56 Å². The van der Waals surface area contributed by atoms with Crippen molar-refractivity contribution >= 4 is 29.3 Å². The van der Waals surface area contributed by atoms with Gasteiger partial charge in [0.05, 0.1) is 0 Å². The van der Waals surface area contributed by atoms with Crippen molar-refractivity contribution in [1.82, 2.24) is 10.2 Å². The van der Waals surface area contributed by atoms with E-state index >= 15 is 0 Å². The molecule has 2 aliphatic rings. The van der Waals surface area contributed by atoms with Crippen molar-refractivity contribution in [2.24, 2.45) is 4.99 Å². The van der Waals surface area contributed by atoms with E-state index < -0.39 is 0 Å². The van der Waals surface area contributed by atoms with Gasteiger partial charge in [0.2, 0.25) is 5.91 Å². The van der Waals surface area contributed by atoms with Crippen molar-refractivity contribution in [1.29, 1.82) is 0 Å². The summed E-state index contributed by atoms with van der Waals surface area (Å²) in [6.45, 7) is 10.3.